The molecule has 0 aromatic rings. The number of nitrogens with zero attached hydrogens (tertiary/aromatic N) is 1. The van der Waals surface area contributed by atoms with Crippen LogP contribution in [0.25, 0.3) is 0 Å². The Bertz CT molecular complexity index is 192. The largest absolute Gasteiger partial charge is 0.465 e. The number of amides is 1. The van der Waals surface area contributed by atoms with E-state index in [1.165, 1.54) is 4.90 Å². The molecule has 14 heavy (non-hydrogen) atoms. The molecular weight excluding hydrogens is 182 g/mol. The highest BCUT2D eigenvalue weighted by molar-refractivity contribution is 5.81. The fraction of sp³-hybridized carbons (Fsp3) is 0.800. The molecule has 0 radical (unpaired) electrons. The van der Waals surface area contributed by atoms with E-state index in [2.05, 4.69) is 0 Å². The van der Waals surface area contributed by atoms with Crippen LogP contribution in [0.4, 0.5) is 0 Å². The SMILES string of the molecule is CCCCC(=O)N(C)CC(=O)OCC. The smallest absolute Gasteiger partial charge is 0.325 e. The number of esters is 1. The normalized spacial score (nSPS) is 9.64. The van der Waals surface area contributed by atoms with Crippen LogP contribution in [0.15, 0.2) is 0 Å². The number of carbonyl (C=O) groups excluding carboxylic acids is 2. The summed E-state index contributed by atoms with van der Waals surface area (Å²) in [4.78, 5) is 23.8. The van der Waals surface area contributed by atoms with E-state index in [0.717, 1.165) is 12.8 Å². The molecule has 0 rings (SSSR count). The number of hydrogen-bond donors (Lipinski definition) is 0. The number of unbranched alkanes of at least 4 members (excludes halogenated alkanes) is 1. The summed E-state index contributed by atoms with van der Waals surface area (Å²) in [6.07, 6.45) is 2.36. The molecule has 0 aliphatic rings. The molecule has 0 unspecified atom stereocenters. The fourth-order valence-corrected chi connectivity index (χ4v) is 1.01. The third kappa shape index (κ3) is 5.56. The first-order valence-electron chi connectivity index (χ1n) is 5.01. The molecule has 0 aromatic carbocycles. The molecule has 0 saturated heterocycles. The van der Waals surface area contributed by atoms with E-state index in [9.17, 15) is 9.59 Å². The summed E-state index contributed by atoms with van der Waals surface area (Å²) in [5.41, 5.74) is 0. The van der Waals surface area contributed by atoms with Crippen molar-refractivity contribution in [1.29, 1.82) is 0 Å². The third-order valence-corrected chi connectivity index (χ3v) is 1.84. The molecule has 4 nitrogen and oxygen atoms in total. The monoisotopic (exact) mass is 201 g/mol. The second kappa shape index (κ2) is 7.35. The van der Waals surface area contributed by atoms with Crippen molar-refractivity contribution in [3.63, 3.8) is 0 Å². The van der Waals surface area contributed by atoms with Crippen LogP contribution in [0.3, 0.4) is 0 Å². The van der Waals surface area contributed by atoms with Crippen LogP contribution in [0.2, 0.25) is 0 Å². The summed E-state index contributed by atoms with van der Waals surface area (Å²) >= 11 is 0. The van der Waals surface area contributed by atoms with E-state index in [1.54, 1.807) is 14.0 Å². The van der Waals surface area contributed by atoms with Crippen LogP contribution >= 0.6 is 0 Å². The molecule has 82 valence electrons. The van der Waals surface area contributed by atoms with E-state index in [1.807, 2.05) is 6.92 Å². The highest BCUT2D eigenvalue weighted by Gasteiger charge is 2.12. The van der Waals surface area contributed by atoms with E-state index >= 15 is 0 Å². The van der Waals surface area contributed by atoms with Crippen LogP contribution < -0.4 is 0 Å². The van der Waals surface area contributed by atoms with Gasteiger partial charge in [0.15, 0.2) is 0 Å². The fourth-order valence-electron chi connectivity index (χ4n) is 1.01. The van der Waals surface area contributed by atoms with E-state index in [4.69, 9.17) is 4.74 Å². The Morgan fingerprint density at radius 3 is 2.43 bits per heavy atom. The molecule has 0 N–H and O–H groups in total. The maximum atomic E-state index is 11.4. The third-order valence-electron chi connectivity index (χ3n) is 1.84. The van der Waals surface area contributed by atoms with Gasteiger partial charge in [-0.3, -0.25) is 9.59 Å². The molecule has 0 bridgehead atoms. The number of carbonyl (C=O) groups is 2. The molecule has 4 heteroatoms. The molecule has 0 aromatic heterocycles. The van der Waals surface area contributed by atoms with Gasteiger partial charge in [-0.05, 0) is 13.3 Å². The minimum atomic E-state index is -0.347. The van der Waals surface area contributed by atoms with Gasteiger partial charge in [0.2, 0.25) is 5.91 Å². The molecule has 0 saturated carbocycles. The van der Waals surface area contributed by atoms with Gasteiger partial charge in [-0.25, -0.2) is 0 Å². The minimum Gasteiger partial charge on any atom is -0.465 e. The van der Waals surface area contributed by atoms with Crippen LogP contribution in [0, 0.1) is 0 Å². The van der Waals surface area contributed by atoms with Crippen LogP contribution in [-0.2, 0) is 14.3 Å². The summed E-state index contributed by atoms with van der Waals surface area (Å²) in [7, 11) is 1.62. The molecule has 0 aliphatic heterocycles. The highest BCUT2D eigenvalue weighted by atomic mass is 16.5. The first-order chi connectivity index (χ1) is 6.61. The van der Waals surface area contributed by atoms with Gasteiger partial charge in [0, 0.05) is 13.5 Å². The maximum absolute atomic E-state index is 11.4. The lowest BCUT2D eigenvalue weighted by atomic mass is 10.2. The standard InChI is InChI=1S/C10H19NO3/c1-4-6-7-9(12)11(3)8-10(13)14-5-2/h4-8H2,1-3H3. The lowest BCUT2D eigenvalue weighted by Crippen LogP contribution is -2.32. The maximum Gasteiger partial charge on any atom is 0.325 e. The lowest BCUT2D eigenvalue weighted by Gasteiger charge is -2.15. The van der Waals surface area contributed by atoms with Crippen LogP contribution in [-0.4, -0.2) is 37.0 Å². The van der Waals surface area contributed by atoms with Crippen molar-refractivity contribution in [2.45, 2.75) is 33.1 Å². The van der Waals surface area contributed by atoms with Crippen LogP contribution in [0.1, 0.15) is 33.1 Å². The topological polar surface area (TPSA) is 46.6 Å². The Morgan fingerprint density at radius 1 is 1.29 bits per heavy atom. The van der Waals surface area contributed by atoms with Gasteiger partial charge in [0.25, 0.3) is 0 Å². The second-order valence-corrected chi connectivity index (χ2v) is 3.16. The summed E-state index contributed by atoms with van der Waals surface area (Å²) < 4.78 is 4.73. The predicted octanol–water partition coefficient (Wildman–Crippen LogP) is 1.20. The molecule has 0 aliphatic carbocycles. The Labute approximate surface area is 85.2 Å². The Morgan fingerprint density at radius 2 is 1.93 bits per heavy atom. The minimum absolute atomic E-state index is 0.0000898. The van der Waals surface area contributed by atoms with Crippen molar-refractivity contribution in [3.05, 3.63) is 0 Å². The van der Waals surface area contributed by atoms with Crippen molar-refractivity contribution >= 4 is 11.9 Å². The zero-order valence-corrected chi connectivity index (χ0v) is 9.21. The molecule has 1 amide bonds. The highest BCUT2D eigenvalue weighted by Crippen LogP contribution is 1.98. The van der Waals surface area contributed by atoms with Crippen LogP contribution in [0.5, 0.6) is 0 Å². The van der Waals surface area contributed by atoms with Gasteiger partial charge >= 0.3 is 5.97 Å². The van der Waals surface area contributed by atoms with Gasteiger partial charge < -0.3 is 9.64 Å². The van der Waals surface area contributed by atoms with E-state index < -0.39 is 0 Å². The second-order valence-electron chi connectivity index (χ2n) is 3.16. The predicted molar refractivity (Wildman–Crippen MR) is 53.8 cm³/mol. The zero-order valence-electron chi connectivity index (χ0n) is 9.21. The molecular formula is C10H19NO3. The first-order valence-corrected chi connectivity index (χ1v) is 5.01. The number of likely N-dealkylation sites (N-methyl/N-ethyl adjacent to an activating group) is 1. The average molecular weight is 201 g/mol. The lowest BCUT2D eigenvalue weighted by molar-refractivity contribution is -0.148. The summed E-state index contributed by atoms with van der Waals surface area (Å²) in [6.45, 7) is 4.18. The molecule has 0 atom stereocenters. The van der Waals surface area contributed by atoms with Gasteiger partial charge in [-0.15, -0.1) is 0 Å². The van der Waals surface area contributed by atoms with Gasteiger partial charge in [-0.1, -0.05) is 13.3 Å². The van der Waals surface area contributed by atoms with Crippen molar-refractivity contribution in [1.82, 2.24) is 4.90 Å². The van der Waals surface area contributed by atoms with Crippen molar-refractivity contribution < 1.29 is 14.3 Å². The number of rotatable bonds is 6. The van der Waals surface area contributed by atoms with Gasteiger partial charge in [-0.2, -0.15) is 0 Å². The van der Waals surface area contributed by atoms with Gasteiger partial charge in [0.05, 0.1) is 6.61 Å². The van der Waals surface area contributed by atoms with Crippen molar-refractivity contribution in [2.24, 2.45) is 0 Å². The number of ether oxygens (including phenoxy) is 1. The quantitative estimate of drug-likeness (QED) is 0.607. The average Bonchev–Trinajstić information content (AvgIpc) is 2.14. The zero-order chi connectivity index (χ0) is 11.0. The van der Waals surface area contributed by atoms with Crippen molar-refractivity contribution in [2.75, 3.05) is 20.2 Å². The molecule has 0 spiro atoms. The molecule has 0 fully saturated rings. The van der Waals surface area contributed by atoms with Crippen molar-refractivity contribution in [3.8, 4) is 0 Å². The van der Waals surface area contributed by atoms with E-state index in [0.29, 0.717) is 13.0 Å². The Kier molecular flexibility index (Phi) is 6.80. The number of hydrogen-bond acceptors (Lipinski definition) is 3. The van der Waals surface area contributed by atoms with E-state index in [-0.39, 0.29) is 18.4 Å². The Hall–Kier alpha value is -1.06. The Balaban J connectivity index is 3.76. The summed E-state index contributed by atoms with van der Waals surface area (Å²) in [5.74, 6) is -0.347. The van der Waals surface area contributed by atoms with Gasteiger partial charge in [0.1, 0.15) is 6.54 Å². The summed E-state index contributed by atoms with van der Waals surface area (Å²) in [5, 5.41) is 0. The molecule has 0 heterocycles. The summed E-state index contributed by atoms with van der Waals surface area (Å²) in [6, 6.07) is 0. The first kappa shape index (κ1) is 12.9.